The Balaban J connectivity index is 1.81. The topological polar surface area (TPSA) is 54.4 Å². The molecule has 0 unspecified atom stereocenters. The van der Waals surface area contributed by atoms with Crippen molar-refractivity contribution in [3.63, 3.8) is 0 Å². The van der Waals surface area contributed by atoms with Crippen LogP contribution in [0.5, 0.6) is 0 Å². The predicted octanol–water partition coefficient (Wildman–Crippen LogP) is 3.51. The van der Waals surface area contributed by atoms with E-state index in [2.05, 4.69) is 9.98 Å². The summed E-state index contributed by atoms with van der Waals surface area (Å²) in [4.78, 5) is 19.4. The lowest BCUT2D eigenvalue weighted by atomic mass is 10.0. The highest BCUT2D eigenvalue weighted by Gasteiger charge is 2.25. The van der Waals surface area contributed by atoms with Crippen molar-refractivity contribution in [3.05, 3.63) is 77.7 Å². The van der Waals surface area contributed by atoms with Gasteiger partial charge in [-0.1, -0.05) is 36.4 Å². The molecule has 0 saturated heterocycles. The maximum atomic E-state index is 12.0. The molecule has 0 bridgehead atoms. The Bertz CT molecular complexity index is 916. The van der Waals surface area contributed by atoms with E-state index in [1.165, 1.54) is 0 Å². The molecule has 0 fully saturated rings. The molecule has 0 amide bonds. The number of hydrogen-bond donors (Lipinski definition) is 1. The van der Waals surface area contributed by atoms with Crippen molar-refractivity contribution >= 4 is 28.7 Å². The molecule has 0 saturated carbocycles. The predicted molar refractivity (Wildman–Crippen MR) is 85.3 cm³/mol. The van der Waals surface area contributed by atoms with Crippen LogP contribution in [-0.4, -0.2) is 16.9 Å². The van der Waals surface area contributed by atoms with Gasteiger partial charge in [0.1, 0.15) is 0 Å². The Morgan fingerprint density at radius 2 is 1.86 bits per heavy atom. The minimum atomic E-state index is -0.433. The van der Waals surface area contributed by atoms with E-state index in [0.29, 0.717) is 11.6 Å². The van der Waals surface area contributed by atoms with Crippen LogP contribution >= 0.6 is 0 Å². The Labute approximate surface area is 126 Å². The molecule has 4 nitrogen and oxygen atoms in total. The van der Waals surface area contributed by atoms with Crippen LogP contribution in [0.25, 0.3) is 16.8 Å². The molecule has 1 aliphatic heterocycles. The van der Waals surface area contributed by atoms with E-state index in [-0.39, 0.29) is 0 Å². The van der Waals surface area contributed by atoms with Crippen molar-refractivity contribution in [2.24, 2.45) is 4.99 Å². The molecule has 1 N–H and O–H groups in total. The van der Waals surface area contributed by atoms with Crippen LogP contribution < -0.4 is 0 Å². The Hall–Kier alpha value is -3.14. The average Bonchev–Trinajstić information content (AvgIpc) is 3.18. The minimum Gasteiger partial charge on any atom is -0.402 e. The first kappa shape index (κ1) is 12.6. The Kier molecular flexibility index (Phi) is 2.86. The fourth-order valence-electron chi connectivity index (χ4n) is 2.52. The van der Waals surface area contributed by atoms with Crippen LogP contribution in [0.15, 0.2) is 71.5 Å². The van der Waals surface area contributed by atoms with Crippen molar-refractivity contribution < 1.29 is 9.53 Å². The van der Waals surface area contributed by atoms with Crippen LogP contribution in [0.2, 0.25) is 0 Å². The van der Waals surface area contributed by atoms with Gasteiger partial charge in [-0.15, -0.1) is 0 Å². The van der Waals surface area contributed by atoms with E-state index >= 15 is 0 Å². The van der Waals surface area contributed by atoms with E-state index in [9.17, 15) is 4.79 Å². The minimum absolute atomic E-state index is 0.297. The summed E-state index contributed by atoms with van der Waals surface area (Å²) in [5, 5.41) is 2.10. The van der Waals surface area contributed by atoms with Crippen LogP contribution in [0, 0.1) is 0 Å². The molecule has 2 heterocycles. The number of nitrogens with one attached hydrogen (secondary N) is 1. The highest BCUT2D eigenvalue weighted by molar-refractivity contribution is 6.17. The van der Waals surface area contributed by atoms with Crippen LogP contribution in [-0.2, 0) is 9.53 Å². The molecule has 2 aromatic carbocycles. The molecule has 0 spiro atoms. The van der Waals surface area contributed by atoms with Gasteiger partial charge in [-0.2, -0.15) is 0 Å². The molecule has 0 aliphatic carbocycles. The zero-order chi connectivity index (χ0) is 14.9. The van der Waals surface area contributed by atoms with E-state index in [0.717, 1.165) is 22.0 Å². The average molecular weight is 288 g/mol. The highest BCUT2D eigenvalue weighted by Crippen LogP contribution is 2.24. The molecule has 0 atom stereocenters. The second kappa shape index (κ2) is 5.00. The number of ether oxygens (including phenoxy) is 1. The van der Waals surface area contributed by atoms with Gasteiger partial charge in [0, 0.05) is 17.5 Å². The first-order valence-corrected chi connectivity index (χ1v) is 6.95. The smallest absolute Gasteiger partial charge is 0.363 e. The molecule has 1 aliphatic rings. The number of aromatic amines is 1. The third-order valence-corrected chi connectivity index (χ3v) is 3.55. The number of rotatable bonds is 2. The van der Waals surface area contributed by atoms with E-state index < -0.39 is 5.97 Å². The number of benzene rings is 2. The second-order valence-corrected chi connectivity index (χ2v) is 4.99. The van der Waals surface area contributed by atoms with Crippen molar-refractivity contribution in [1.82, 2.24) is 4.98 Å². The molecule has 3 aromatic rings. The molecule has 0 radical (unpaired) electrons. The molecule has 4 heteroatoms. The molecular formula is C18H12N2O2. The maximum absolute atomic E-state index is 12.0. The number of nitrogens with zero attached hydrogens (tertiary/aromatic N) is 1. The fourth-order valence-corrected chi connectivity index (χ4v) is 2.52. The third kappa shape index (κ3) is 2.11. The summed E-state index contributed by atoms with van der Waals surface area (Å²) in [5.74, 6) is -0.0860. The second-order valence-electron chi connectivity index (χ2n) is 4.99. The maximum Gasteiger partial charge on any atom is 0.363 e. The van der Waals surface area contributed by atoms with Gasteiger partial charge in [-0.3, -0.25) is 0 Å². The summed E-state index contributed by atoms with van der Waals surface area (Å²) in [6.07, 6.45) is 3.47. The molecule has 4 rings (SSSR count). The molecule has 22 heavy (non-hydrogen) atoms. The van der Waals surface area contributed by atoms with Gasteiger partial charge in [0.2, 0.25) is 5.90 Å². The zero-order valence-electron chi connectivity index (χ0n) is 11.6. The molecular weight excluding hydrogens is 276 g/mol. The number of carbonyl (C=O) groups excluding carboxylic acids is 1. The summed E-state index contributed by atoms with van der Waals surface area (Å²) in [7, 11) is 0. The summed E-state index contributed by atoms with van der Waals surface area (Å²) in [5.41, 5.74) is 1.93. The van der Waals surface area contributed by atoms with Crippen molar-refractivity contribution in [2.75, 3.05) is 0 Å². The number of H-pyrrole nitrogens is 1. The summed E-state index contributed by atoms with van der Waals surface area (Å²) in [6.45, 7) is 0. The lowest BCUT2D eigenvalue weighted by Gasteiger charge is -2.04. The van der Waals surface area contributed by atoms with E-state index in [4.69, 9.17) is 4.74 Å². The summed E-state index contributed by atoms with van der Waals surface area (Å²) in [6, 6.07) is 17.5. The van der Waals surface area contributed by atoms with Crippen LogP contribution in [0.4, 0.5) is 0 Å². The summed E-state index contributed by atoms with van der Waals surface area (Å²) < 4.78 is 5.35. The molecule has 106 valence electrons. The Morgan fingerprint density at radius 1 is 1.00 bits per heavy atom. The number of cyclic esters (lactones) is 1. The highest BCUT2D eigenvalue weighted by atomic mass is 16.6. The van der Waals surface area contributed by atoms with Crippen molar-refractivity contribution in [2.45, 2.75) is 0 Å². The Morgan fingerprint density at radius 3 is 2.73 bits per heavy atom. The van der Waals surface area contributed by atoms with Gasteiger partial charge in [0.15, 0.2) is 5.70 Å². The SMILES string of the molecule is O=C1OC(c2cccc3ccccc23)=NC1=Cc1ccc[nH]1. The van der Waals surface area contributed by atoms with Crippen molar-refractivity contribution in [3.8, 4) is 0 Å². The van der Waals surface area contributed by atoms with Gasteiger partial charge < -0.3 is 9.72 Å². The van der Waals surface area contributed by atoms with Gasteiger partial charge >= 0.3 is 5.97 Å². The number of carbonyl (C=O) groups is 1. The fraction of sp³-hybridized carbons (Fsp3) is 0. The van der Waals surface area contributed by atoms with Gasteiger partial charge in [0.05, 0.1) is 0 Å². The third-order valence-electron chi connectivity index (χ3n) is 3.55. The zero-order valence-corrected chi connectivity index (χ0v) is 11.6. The van der Waals surface area contributed by atoms with E-state index in [1.54, 1.807) is 12.3 Å². The van der Waals surface area contributed by atoms with Crippen LogP contribution in [0.1, 0.15) is 11.3 Å². The first-order valence-electron chi connectivity index (χ1n) is 6.95. The van der Waals surface area contributed by atoms with Gasteiger partial charge in [0.25, 0.3) is 0 Å². The quantitative estimate of drug-likeness (QED) is 0.579. The largest absolute Gasteiger partial charge is 0.402 e. The standard InChI is InChI=1S/C18H12N2O2/c21-18-16(11-13-7-4-10-19-13)20-17(22-18)15-9-3-6-12-5-1-2-8-14(12)15/h1-11,19H. The number of hydrogen-bond acceptors (Lipinski definition) is 3. The number of fused-ring (bicyclic) bond motifs is 1. The number of aromatic nitrogens is 1. The van der Waals surface area contributed by atoms with Crippen molar-refractivity contribution in [1.29, 1.82) is 0 Å². The number of esters is 1. The normalized spacial score (nSPS) is 16.1. The number of aliphatic imine (C=N–C) groups is 1. The first-order chi connectivity index (χ1) is 10.8. The van der Waals surface area contributed by atoms with Gasteiger partial charge in [-0.05, 0) is 35.0 Å². The van der Waals surface area contributed by atoms with Crippen LogP contribution in [0.3, 0.4) is 0 Å². The lowest BCUT2D eigenvalue weighted by molar-refractivity contribution is -0.129. The summed E-state index contributed by atoms with van der Waals surface area (Å²) >= 11 is 0. The lowest BCUT2D eigenvalue weighted by Crippen LogP contribution is -2.05. The monoisotopic (exact) mass is 288 g/mol. The molecule has 1 aromatic heterocycles. The van der Waals surface area contributed by atoms with Gasteiger partial charge in [-0.25, -0.2) is 9.79 Å². The van der Waals surface area contributed by atoms with E-state index in [1.807, 2.05) is 54.6 Å².